The highest BCUT2D eigenvalue weighted by atomic mass is 19.4. The highest BCUT2D eigenvalue weighted by Gasteiger charge is 2.61. The molecule has 1 aromatic rings. The summed E-state index contributed by atoms with van der Waals surface area (Å²) in [5, 5.41) is 8.85. The molecule has 0 saturated carbocycles. The fourth-order valence-corrected chi connectivity index (χ4v) is 1.91. The van der Waals surface area contributed by atoms with Gasteiger partial charge in [0.15, 0.2) is 0 Å². The first-order valence-corrected chi connectivity index (χ1v) is 5.12. The van der Waals surface area contributed by atoms with Crippen molar-refractivity contribution in [2.45, 2.75) is 18.1 Å². The van der Waals surface area contributed by atoms with Gasteiger partial charge in [-0.3, -0.25) is 0 Å². The van der Waals surface area contributed by atoms with Gasteiger partial charge in [0.05, 0.1) is 6.61 Å². The zero-order valence-electron chi connectivity index (χ0n) is 9.12. The van der Waals surface area contributed by atoms with Gasteiger partial charge in [-0.15, -0.1) is 0 Å². The summed E-state index contributed by atoms with van der Waals surface area (Å²) in [5.41, 5.74) is 1.63. The van der Waals surface area contributed by atoms with Crippen LogP contribution in [0.4, 0.5) is 13.2 Å². The summed E-state index contributed by atoms with van der Waals surface area (Å²) in [6.07, 6.45) is -4.67. The Morgan fingerprint density at radius 3 is 2.61 bits per heavy atom. The van der Waals surface area contributed by atoms with Crippen LogP contribution in [0.3, 0.4) is 0 Å². The molecule has 0 amide bonds. The average Bonchev–Trinajstić information content (AvgIpc) is 2.73. The van der Waals surface area contributed by atoms with E-state index in [-0.39, 0.29) is 12.4 Å². The fourth-order valence-electron chi connectivity index (χ4n) is 1.91. The maximum Gasteiger partial charge on any atom is 0.421 e. The number of hydrogen-bond acceptors (Lipinski definition) is 3. The number of alkyl halides is 3. The molecule has 0 saturated heterocycles. The molecule has 1 aliphatic heterocycles. The molecule has 0 spiro atoms. The SMILES string of the molecule is NC(C(=O)O)(c1cccc2c1OCC2)C(F)(F)F. The van der Waals surface area contributed by atoms with Crippen LogP contribution in [-0.2, 0) is 16.8 Å². The van der Waals surface area contributed by atoms with Crippen LogP contribution in [0.5, 0.6) is 5.75 Å². The minimum absolute atomic E-state index is 0.0697. The van der Waals surface area contributed by atoms with Crippen molar-refractivity contribution >= 4 is 5.97 Å². The number of carboxylic acids is 1. The first-order valence-electron chi connectivity index (χ1n) is 5.12. The van der Waals surface area contributed by atoms with Crippen molar-refractivity contribution in [3.05, 3.63) is 29.3 Å². The minimum atomic E-state index is -5.11. The topological polar surface area (TPSA) is 72.6 Å². The van der Waals surface area contributed by atoms with Crippen molar-refractivity contribution in [2.24, 2.45) is 5.73 Å². The number of aliphatic carboxylic acids is 1. The number of rotatable bonds is 2. The molecule has 18 heavy (non-hydrogen) atoms. The standard InChI is InChI=1S/C11H10F3NO3/c12-11(13,14)10(15,9(16)17)7-3-1-2-6-4-5-18-8(6)7/h1-3H,4-5,15H2,(H,16,17). The maximum absolute atomic E-state index is 12.9. The average molecular weight is 261 g/mol. The summed E-state index contributed by atoms with van der Waals surface area (Å²) in [6.45, 7) is 0.222. The predicted octanol–water partition coefficient (Wildman–Crippen LogP) is 1.42. The monoisotopic (exact) mass is 261 g/mol. The number of carbonyl (C=O) groups is 1. The molecular formula is C11H10F3NO3. The van der Waals surface area contributed by atoms with E-state index in [1.54, 1.807) is 6.07 Å². The van der Waals surface area contributed by atoms with Crippen molar-refractivity contribution in [1.29, 1.82) is 0 Å². The quantitative estimate of drug-likeness (QED) is 0.844. The number of ether oxygens (including phenoxy) is 1. The largest absolute Gasteiger partial charge is 0.493 e. The third-order valence-electron chi connectivity index (χ3n) is 2.92. The smallest absolute Gasteiger partial charge is 0.421 e. The number of benzene rings is 1. The van der Waals surface area contributed by atoms with Crippen molar-refractivity contribution in [2.75, 3.05) is 6.61 Å². The third kappa shape index (κ3) is 1.62. The van der Waals surface area contributed by atoms with E-state index in [9.17, 15) is 18.0 Å². The Hall–Kier alpha value is -1.76. The molecule has 1 aromatic carbocycles. The first kappa shape index (κ1) is 12.7. The molecule has 0 bridgehead atoms. The fraction of sp³-hybridized carbons (Fsp3) is 0.364. The normalized spacial score (nSPS) is 17.8. The molecule has 2 rings (SSSR count). The second-order valence-corrected chi connectivity index (χ2v) is 4.00. The highest BCUT2D eigenvalue weighted by molar-refractivity contribution is 5.83. The van der Waals surface area contributed by atoms with Crippen LogP contribution >= 0.6 is 0 Å². The number of carboxylic acid groups (broad SMARTS) is 1. The number of hydrogen-bond donors (Lipinski definition) is 2. The molecule has 0 fully saturated rings. The van der Waals surface area contributed by atoms with E-state index in [0.717, 1.165) is 6.07 Å². The van der Waals surface area contributed by atoms with Crippen LogP contribution in [0.25, 0.3) is 0 Å². The van der Waals surface area contributed by atoms with Gasteiger partial charge in [-0.2, -0.15) is 13.2 Å². The zero-order valence-corrected chi connectivity index (χ0v) is 9.12. The summed E-state index contributed by atoms with van der Waals surface area (Å²) in [4.78, 5) is 11.0. The Labute approximate surface area is 100 Å². The van der Waals surface area contributed by atoms with Gasteiger partial charge in [0.1, 0.15) is 5.75 Å². The molecule has 98 valence electrons. The summed E-state index contributed by atoms with van der Waals surface area (Å²) in [7, 11) is 0. The lowest BCUT2D eigenvalue weighted by molar-refractivity contribution is -0.205. The second-order valence-electron chi connectivity index (χ2n) is 4.00. The van der Waals surface area contributed by atoms with E-state index < -0.39 is 23.2 Å². The Morgan fingerprint density at radius 1 is 1.39 bits per heavy atom. The minimum Gasteiger partial charge on any atom is -0.493 e. The Kier molecular flexibility index (Phi) is 2.73. The Bertz CT molecular complexity index is 501. The maximum atomic E-state index is 12.9. The summed E-state index contributed by atoms with van der Waals surface area (Å²) < 4.78 is 43.9. The van der Waals surface area contributed by atoms with Crippen LogP contribution in [0.2, 0.25) is 0 Å². The molecule has 0 radical (unpaired) electrons. The van der Waals surface area contributed by atoms with Crippen LogP contribution in [0.15, 0.2) is 18.2 Å². The molecule has 1 aliphatic rings. The molecule has 1 heterocycles. The predicted molar refractivity (Wildman–Crippen MR) is 55.2 cm³/mol. The van der Waals surface area contributed by atoms with Gasteiger partial charge in [-0.1, -0.05) is 18.2 Å². The number of fused-ring (bicyclic) bond motifs is 1. The van der Waals surface area contributed by atoms with E-state index in [4.69, 9.17) is 15.6 Å². The van der Waals surface area contributed by atoms with Crippen molar-refractivity contribution < 1.29 is 27.8 Å². The van der Waals surface area contributed by atoms with Crippen molar-refractivity contribution in [3.8, 4) is 5.75 Å². The van der Waals surface area contributed by atoms with Gasteiger partial charge < -0.3 is 15.6 Å². The molecule has 7 heteroatoms. The summed E-state index contributed by atoms with van der Waals surface area (Å²) >= 11 is 0. The van der Waals surface area contributed by atoms with Crippen LogP contribution in [0.1, 0.15) is 11.1 Å². The molecule has 3 N–H and O–H groups in total. The van der Waals surface area contributed by atoms with E-state index in [0.29, 0.717) is 12.0 Å². The molecule has 0 aromatic heterocycles. The molecular weight excluding hydrogens is 251 g/mol. The molecule has 4 nitrogen and oxygen atoms in total. The van der Waals surface area contributed by atoms with Gasteiger partial charge in [0, 0.05) is 12.0 Å². The van der Waals surface area contributed by atoms with Gasteiger partial charge in [0.25, 0.3) is 0 Å². The van der Waals surface area contributed by atoms with Gasteiger partial charge in [0.2, 0.25) is 5.54 Å². The Morgan fingerprint density at radius 2 is 2.06 bits per heavy atom. The van der Waals surface area contributed by atoms with Crippen LogP contribution in [0, 0.1) is 0 Å². The highest BCUT2D eigenvalue weighted by Crippen LogP contribution is 2.43. The van der Waals surface area contributed by atoms with E-state index in [1.165, 1.54) is 6.07 Å². The lowest BCUT2D eigenvalue weighted by Crippen LogP contribution is -2.56. The van der Waals surface area contributed by atoms with Gasteiger partial charge in [-0.05, 0) is 5.56 Å². The number of para-hydroxylation sites is 1. The van der Waals surface area contributed by atoms with E-state index in [2.05, 4.69) is 0 Å². The van der Waals surface area contributed by atoms with E-state index >= 15 is 0 Å². The van der Waals surface area contributed by atoms with Crippen LogP contribution < -0.4 is 10.5 Å². The summed E-state index contributed by atoms with van der Waals surface area (Å²) in [6, 6.07) is 3.97. The molecule has 1 unspecified atom stereocenters. The number of nitrogens with two attached hydrogens (primary N) is 1. The third-order valence-corrected chi connectivity index (χ3v) is 2.92. The lowest BCUT2D eigenvalue weighted by atomic mass is 9.88. The molecule has 1 atom stereocenters. The lowest BCUT2D eigenvalue weighted by Gasteiger charge is -2.28. The van der Waals surface area contributed by atoms with E-state index in [1.807, 2.05) is 0 Å². The summed E-state index contributed by atoms with van der Waals surface area (Å²) in [5.74, 6) is -2.22. The first-order chi connectivity index (χ1) is 8.28. The van der Waals surface area contributed by atoms with Crippen molar-refractivity contribution in [3.63, 3.8) is 0 Å². The number of halogens is 3. The van der Waals surface area contributed by atoms with Crippen LogP contribution in [-0.4, -0.2) is 23.9 Å². The van der Waals surface area contributed by atoms with Gasteiger partial charge >= 0.3 is 12.1 Å². The Balaban J connectivity index is 2.65. The zero-order chi connectivity index (χ0) is 13.6. The molecule has 0 aliphatic carbocycles. The van der Waals surface area contributed by atoms with Gasteiger partial charge in [-0.25, -0.2) is 4.79 Å². The second kappa shape index (κ2) is 3.88. The van der Waals surface area contributed by atoms with Crippen molar-refractivity contribution in [1.82, 2.24) is 0 Å².